The normalized spacial score (nSPS) is 12.3. The van der Waals surface area contributed by atoms with E-state index in [4.69, 9.17) is 5.11 Å². The highest BCUT2D eigenvalue weighted by atomic mass is 16.4. The molecule has 1 unspecified atom stereocenters. The minimum absolute atomic E-state index is 0.147. The van der Waals surface area contributed by atoms with Gasteiger partial charge in [0.2, 0.25) is 5.91 Å². The molecule has 0 aliphatic carbocycles. The summed E-state index contributed by atoms with van der Waals surface area (Å²) in [5.74, 6) is -1.17. The van der Waals surface area contributed by atoms with Gasteiger partial charge in [-0.15, -0.1) is 0 Å². The van der Waals surface area contributed by atoms with Gasteiger partial charge in [-0.25, -0.2) is 4.79 Å². The van der Waals surface area contributed by atoms with Crippen molar-refractivity contribution >= 4 is 23.6 Å². The number of amides is 1. The molecule has 1 atom stereocenters. The molecule has 0 aliphatic rings. The van der Waals surface area contributed by atoms with E-state index in [0.29, 0.717) is 5.69 Å². The average molecular weight is 326 g/mol. The number of aryl methyl sites for hydroxylation is 3. The molecule has 24 heavy (non-hydrogen) atoms. The Kier molecular flexibility index (Phi) is 5.24. The maximum Gasteiger partial charge on any atom is 0.328 e. The van der Waals surface area contributed by atoms with Crippen molar-refractivity contribution in [2.24, 2.45) is 0 Å². The number of aromatic nitrogens is 1. The summed E-state index contributed by atoms with van der Waals surface area (Å²) in [5, 5.41) is 11.7. The molecule has 5 heteroatoms. The van der Waals surface area contributed by atoms with Crippen molar-refractivity contribution < 1.29 is 14.7 Å². The van der Waals surface area contributed by atoms with E-state index in [1.54, 1.807) is 29.8 Å². The van der Waals surface area contributed by atoms with Crippen molar-refractivity contribution in [1.82, 2.24) is 4.57 Å². The Morgan fingerprint density at radius 3 is 2.42 bits per heavy atom. The number of hydrogen-bond acceptors (Lipinski definition) is 2. The van der Waals surface area contributed by atoms with Crippen LogP contribution in [-0.2, 0) is 9.59 Å². The minimum atomic E-state index is -1.02. The van der Waals surface area contributed by atoms with E-state index >= 15 is 0 Å². The third-order valence-corrected chi connectivity index (χ3v) is 3.93. The summed E-state index contributed by atoms with van der Waals surface area (Å²) >= 11 is 0. The number of carboxylic acid groups (broad SMARTS) is 1. The highest BCUT2D eigenvalue weighted by Crippen LogP contribution is 2.23. The topological polar surface area (TPSA) is 71.3 Å². The zero-order chi connectivity index (χ0) is 17.9. The highest BCUT2D eigenvalue weighted by molar-refractivity contribution is 5.95. The second kappa shape index (κ2) is 7.17. The Labute approximate surface area is 141 Å². The van der Waals surface area contributed by atoms with Gasteiger partial charge in [-0.1, -0.05) is 17.7 Å². The van der Waals surface area contributed by atoms with Gasteiger partial charge in [0.1, 0.15) is 6.04 Å². The Balaban J connectivity index is 2.23. The second-order valence-electron chi connectivity index (χ2n) is 5.95. The number of carbonyl (C=O) groups is 2. The van der Waals surface area contributed by atoms with E-state index in [1.807, 2.05) is 32.9 Å². The molecule has 0 spiro atoms. The molecular formula is C19H22N2O3. The van der Waals surface area contributed by atoms with E-state index in [2.05, 4.69) is 5.32 Å². The molecule has 5 nitrogen and oxygen atoms in total. The maximum atomic E-state index is 12.6. The van der Waals surface area contributed by atoms with Crippen LogP contribution >= 0.6 is 0 Å². The first kappa shape index (κ1) is 17.5. The first-order valence-corrected chi connectivity index (χ1v) is 7.76. The molecule has 0 aliphatic heterocycles. The molecule has 2 aromatic rings. The molecule has 126 valence electrons. The SMILES string of the molecule is Cc1cc(C)c(NC(=O)C(C)n2cccc2/C=C/C(=O)O)c(C)c1. The van der Waals surface area contributed by atoms with Crippen molar-refractivity contribution in [2.45, 2.75) is 33.7 Å². The largest absolute Gasteiger partial charge is 0.478 e. The Morgan fingerprint density at radius 2 is 1.83 bits per heavy atom. The lowest BCUT2D eigenvalue weighted by molar-refractivity contribution is -0.131. The molecule has 0 saturated heterocycles. The van der Waals surface area contributed by atoms with E-state index in [-0.39, 0.29) is 5.91 Å². The number of rotatable bonds is 5. The van der Waals surface area contributed by atoms with Gasteiger partial charge in [0, 0.05) is 23.7 Å². The van der Waals surface area contributed by atoms with Gasteiger partial charge >= 0.3 is 5.97 Å². The Hall–Kier alpha value is -2.82. The summed E-state index contributed by atoms with van der Waals surface area (Å²) in [5.41, 5.74) is 4.69. The lowest BCUT2D eigenvalue weighted by Crippen LogP contribution is -2.24. The van der Waals surface area contributed by atoms with Gasteiger partial charge in [-0.3, -0.25) is 4.79 Å². The van der Waals surface area contributed by atoms with Crippen molar-refractivity contribution in [3.05, 3.63) is 58.9 Å². The van der Waals surface area contributed by atoms with Crippen LogP contribution in [0.15, 0.2) is 36.5 Å². The first-order chi connectivity index (χ1) is 11.3. The van der Waals surface area contributed by atoms with Crippen LogP contribution in [0.5, 0.6) is 0 Å². The van der Waals surface area contributed by atoms with Crippen LogP contribution in [-0.4, -0.2) is 21.6 Å². The summed E-state index contributed by atoms with van der Waals surface area (Å²) in [7, 11) is 0. The van der Waals surface area contributed by atoms with E-state index < -0.39 is 12.0 Å². The van der Waals surface area contributed by atoms with Crippen molar-refractivity contribution in [3.63, 3.8) is 0 Å². The van der Waals surface area contributed by atoms with Crippen molar-refractivity contribution in [2.75, 3.05) is 5.32 Å². The molecule has 2 rings (SSSR count). The number of aliphatic carboxylic acids is 1. The number of nitrogens with zero attached hydrogens (tertiary/aromatic N) is 1. The Bertz CT molecular complexity index is 780. The summed E-state index contributed by atoms with van der Waals surface area (Å²) in [6, 6.07) is 7.15. The standard InChI is InChI=1S/C19H22N2O3/c1-12-10-13(2)18(14(3)11-12)20-19(24)15(4)21-9-5-6-16(21)7-8-17(22)23/h5-11,15H,1-4H3,(H,20,24)(H,22,23)/b8-7+. The maximum absolute atomic E-state index is 12.6. The first-order valence-electron chi connectivity index (χ1n) is 7.76. The molecular weight excluding hydrogens is 304 g/mol. The summed E-state index contributed by atoms with van der Waals surface area (Å²) in [4.78, 5) is 23.3. The third kappa shape index (κ3) is 3.93. The molecule has 1 aromatic heterocycles. The van der Waals surface area contributed by atoms with E-state index in [9.17, 15) is 9.59 Å². The van der Waals surface area contributed by atoms with Crippen molar-refractivity contribution in [3.8, 4) is 0 Å². The van der Waals surface area contributed by atoms with Crippen LogP contribution in [0.2, 0.25) is 0 Å². The van der Waals surface area contributed by atoms with Gasteiger partial charge < -0.3 is 15.0 Å². The number of carbonyl (C=O) groups excluding carboxylic acids is 1. The van der Waals surface area contributed by atoms with Crippen LogP contribution in [0.4, 0.5) is 5.69 Å². The van der Waals surface area contributed by atoms with Gasteiger partial charge in [0.05, 0.1) is 0 Å². The zero-order valence-corrected chi connectivity index (χ0v) is 14.3. The predicted octanol–water partition coefficient (Wildman–Crippen LogP) is 3.71. The minimum Gasteiger partial charge on any atom is -0.478 e. The van der Waals surface area contributed by atoms with Crippen LogP contribution in [0.1, 0.15) is 35.3 Å². The van der Waals surface area contributed by atoms with E-state index in [1.165, 1.54) is 6.08 Å². The van der Waals surface area contributed by atoms with Crippen LogP contribution < -0.4 is 5.32 Å². The van der Waals surface area contributed by atoms with Gasteiger partial charge in [-0.05, 0) is 57.0 Å². The molecule has 1 amide bonds. The van der Waals surface area contributed by atoms with Crippen molar-refractivity contribution in [1.29, 1.82) is 0 Å². The number of carboxylic acids is 1. The molecule has 1 aromatic carbocycles. The summed E-state index contributed by atoms with van der Waals surface area (Å²) in [6.07, 6.45) is 4.31. The quantitative estimate of drug-likeness (QED) is 0.823. The summed E-state index contributed by atoms with van der Waals surface area (Å²) in [6.45, 7) is 7.75. The highest BCUT2D eigenvalue weighted by Gasteiger charge is 2.18. The lowest BCUT2D eigenvalue weighted by atomic mass is 10.0. The van der Waals surface area contributed by atoms with E-state index in [0.717, 1.165) is 28.5 Å². The molecule has 0 fully saturated rings. The monoisotopic (exact) mass is 326 g/mol. The van der Waals surface area contributed by atoms with Crippen LogP contribution in [0, 0.1) is 20.8 Å². The number of anilines is 1. The fourth-order valence-electron chi connectivity index (χ4n) is 2.79. The van der Waals surface area contributed by atoms with Crippen LogP contribution in [0.3, 0.4) is 0 Å². The fourth-order valence-corrected chi connectivity index (χ4v) is 2.79. The number of nitrogens with one attached hydrogen (secondary N) is 1. The molecule has 2 N–H and O–H groups in total. The van der Waals surface area contributed by atoms with Gasteiger partial charge in [-0.2, -0.15) is 0 Å². The number of benzene rings is 1. The fraction of sp³-hybridized carbons (Fsp3) is 0.263. The molecule has 1 heterocycles. The third-order valence-electron chi connectivity index (χ3n) is 3.93. The Morgan fingerprint density at radius 1 is 1.21 bits per heavy atom. The van der Waals surface area contributed by atoms with Gasteiger partial charge in [0.25, 0.3) is 0 Å². The second-order valence-corrected chi connectivity index (χ2v) is 5.95. The van der Waals surface area contributed by atoms with Crippen LogP contribution in [0.25, 0.3) is 6.08 Å². The smallest absolute Gasteiger partial charge is 0.328 e. The molecule has 0 radical (unpaired) electrons. The number of hydrogen-bond donors (Lipinski definition) is 2. The average Bonchev–Trinajstić information content (AvgIpc) is 2.96. The molecule has 0 bridgehead atoms. The summed E-state index contributed by atoms with van der Waals surface area (Å²) < 4.78 is 1.74. The molecule has 0 saturated carbocycles. The lowest BCUT2D eigenvalue weighted by Gasteiger charge is -2.18. The van der Waals surface area contributed by atoms with Gasteiger partial charge in [0.15, 0.2) is 0 Å². The zero-order valence-electron chi connectivity index (χ0n) is 14.3. The predicted molar refractivity (Wildman–Crippen MR) is 95.1 cm³/mol.